The van der Waals surface area contributed by atoms with Crippen molar-refractivity contribution in [2.45, 2.75) is 24.8 Å². The Morgan fingerprint density at radius 2 is 2.21 bits per heavy atom. The maximum Gasteiger partial charge on any atom is 0.305 e. The van der Waals surface area contributed by atoms with Crippen molar-refractivity contribution in [1.29, 1.82) is 0 Å². The van der Waals surface area contributed by atoms with Gasteiger partial charge in [-0.25, -0.2) is 4.99 Å². The van der Waals surface area contributed by atoms with Crippen LogP contribution in [0.3, 0.4) is 0 Å². The van der Waals surface area contributed by atoms with Gasteiger partial charge in [0, 0.05) is 44.3 Å². The van der Waals surface area contributed by atoms with Crippen molar-refractivity contribution < 1.29 is 19.5 Å². The largest absolute Gasteiger partial charge is 0.481 e. The van der Waals surface area contributed by atoms with Gasteiger partial charge in [-0.3, -0.25) is 20.1 Å². The Balaban J connectivity index is 1.79. The number of nitrogens with two attached hydrogens (primary N) is 1. The van der Waals surface area contributed by atoms with Gasteiger partial charge in [0.05, 0.1) is 13.0 Å². The van der Waals surface area contributed by atoms with Crippen LogP contribution in [0.2, 0.25) is 0 Å². The molecule has 1 aromatic rings. The van der Waals surface area contributed by atoms with Crippen molar-refractivity contribution in [3.63, 3.8) is 0 Å². The molecule has 10 heteroatoms. The standard InChI is InChI=1S/C19H24N6O4/c1-24-10-13-8-12(4-5-14(13)23-15(18(24)29)9-16(26)27)17(28)25(2)11-19(20)21-6-3-7-22-19/h3-8,15,21,23H,9-11,20H2,1-2H3,(H,26,27). The lowest BCUT2D eigenvalue weighted by Crippen LogP contribution is -2.58. The molecule has 5 N–H and O–H groups in total. The molecule has 2 aliphatic rings. The minimum Gasteiger partial charge on any atom is -0.481 e. The van der Waals surface area contributed by atoms with Crippen LogP contribution < -0.4 is 16.4 Å². The van der Waals surface area contributed by atoms with Crippen LogP contribution in [0.25, 0.3) is 0 Å². The van der Waals surface area contributed by atoms with Gasteiger partial charge >= 0.3 is 5.97 Å². The second-order valence-corrected chi connectivity index (χ2v) is 7.23. The molecule has 0 aliphatic carbocycles. The first-order valence-electron chi connectivity index (χ1n) is 9.07. The van der Waals surface area contributed by atoms with E-state index in [0.29, 0.717) is 11.3 Å². The molecule has 0 aromatic heterocycles. The average molecular weight is 400 g/mol. The summed E-state index contributed by atoms with van der Waals surface area (Å²) in [6.45, 7) is 0.417. The molecule has 3 rings (SSSR count). The number of carboxylic acids is 1. The van der Waals surface area contributed by atoms with Gasteiger partial charge in [0.1, 0.15) is 6.04 Å². The highest BCUT2D eigenvalue weighted by molar-refractivity contribution is 5.95. The summed E-state index contributed by atoms with van der Waals surface area (Å²) in [7, 11) is 3.24. The van der Waals surface area contributed by atoms with Crippen molar-refractivity contribution in [1.82, 2.24) is 15.1 Å². The van der Waals surface area contributed by atoms with E-state index in [2.05, 4.69) is 15.6 Å². The second-order valence-electron chi connectivity index (χ2n) is 7.23. The van der Waals surface area contributed by atoms with Gasteiger partial charge < -0.3 is 25.5 Å². The normalized spacial score (nSPS) is 22.9. The molecule has 2 atom stereocenters. The molecule has 2 unspecified atom stereocenters. The van der Waals surface area contributed by atoms with Crippen molar-refractivity contribution in [3.8, 4) is 0 Å². The molecule has 0 radical (unpaired) electrons. The Hall–Kier alpha value is -3.40. The van der Waals surface area contributed by atoms with E-state index in [0.717, 1.165) is 5.56 Å². The molecular formula is C19H24N6O4. The van der Waals surface area contributed by atoms with Crippen LogP contribution in [0.15, 0.2) is 35.5 Å². The molecule has 0 saturated carbocycles. The third kappa shape index (κ3) is 4.54. The quantitative estimate of drug-likeness (QED) is 0.536. The number of likely N-dealkylation sites (N-methyl/N-ethyl adjacent to an activating group) is 2. The van der Waals surface area contributed by atoms with Crippen LogP contribution in [0.5, 0.6) is 0 Å². The summed E-state index contributed by atoms with van der Waals surface area (Å²) in [6, 6.07) is 4.17. The highest BCUT2D eigenvalue weighted by Gasteiger charge is 2.30. The number of hydrogen-bond donors (Lipinski definition) is 4. The van der Waals surface area contributed by atoms with E-state index >= 15 is 0 Å². The Labute approximate surface area is 168 Å². The van der Waals surface area contributed by atoms with Crippen LogP contribution in [-0.2, 0) is 16.1 Å². The summed E-state index contributed by atoms with van der Waals surface area (Å²) in [5, 5.41) is 15.0. The number of hydrogen-bond acceptors (Lipinski definition) is 7. The molecule has 0 spiro atoms. The number of nitrogens with zero attached hydrogens (tertiary/aromatic N) is 3. The number of aliphatic imine (C=N–C) groups is 1. The number of benzene rings is 1. The summed E-state index contributed by atoms with van der Waals surface area (Å²) in [4.78, 5) is 43.5. The van der Waals surface area contributed by atoms with Crippen LogP contribution in [0.1, 0.15) is 22.3 Å². The summed E-state index contributed by atoms with van der Waals surface area (Å²) in [6.07, 6.45) is 4.62. The van der Waals surface area contributed by atoms with E-state index < -0.39 is 17.8 Å². The topological polar surface area (TPSA) is 140 Å². The van der Waals surface area contributed by atoms with Gasteiger partial charge in [-0.2, -0.15) is 0 Å². The number of anilines is 1. The zero-order valence-electron chi connectivity index (χ0n) is 16.3. The van der Waals surface area contributed by atoms with E-state index in [-0.39, 0.29) is 31.3 Å². The molecule has 0 saturated heterocycles. The molecular weight excluding hydrogens is 376 g/mol. The van der Waals surface area contributed by atoms with Gasteiger partial charge in [0.2, 0.25) is 5.91 Å². The zero-order chi connectivity index (χ0) is 21.2. The molecule has 10 nitrogen and oxygen atoms in total. The lowest BCUT2D eigenvalue weighted by Gasteiger charge is -2.31. The monoisotopic (exact) mass is 400 g/mol. The molecule has 2 heterocycles. The highest BCUT2D eigenvalue weighted by atomic mass is 16.4. The van der Waals surface area contributed by atoms with Crippen molar-refractivity contribution in [3.05, 3.63) is 41.6 Å². The van der Waals surface area contributed by atoms with Gasteiger partial charge in [-0.1, -0.05) is 0 Å². The minimum absolute atomic E-state index is 0.154. The minimum atomic E-state index is -1.09. The fraction of sp³-hybridized carbons (Fsp3) is 0.368. The number of amides is 2. The van der Waals surface area contributed by atoms with Crippen LogP contribution in [-0.4, -0.2) is 71.4 Å². The molecule has 2 aliphatic heterocycles. The van der Waals surface area contributed by atoms with Gasteiger partial charge in [0.15, 0.2) is 5.79 Å². The predicted octanol–water partition coefficient (Wildman–Crippen LogP) is -0.214. The molecule has 154 valence electrons. The van der Waals surface area contributed by atoms with Crippen molar-refractivity contribution >= 4 is 29.7 Å². The van der Waals surface area contributed by atoms with Crippen molar-refractivity contribution in [2.75, 3.05) is 26.0 Å². The average Bonchev–Trinajstić information content (AvgIpc) is 2.77. The number of allylic oxidation sites excluding steroid dienone is 1. The number of carboxylic acid groups (broad SMARTS) is 1. The Kier molecular flexibility index (Phi) is 5.55. The fourth-order valence-corrected chi connectivity index (χ4v) is 3.35. The summed E-state index contributed by atoms with van der Waals surface area (Å²) >= 11 is 0. The van der Waals surface area contributed by atoms with E-state index in [9.17, 15) is 14.4 Å². The molecule has 0 bridgehead atoms. The third-order valence-electron chi connectivity index (χ3n) is 4.79. The third-order valence-corrected chi connectivity index (χ3v) is 4.79. The SMILES string of the molecule is CN(CC1(N)N=CC=CN1)C(=O)c1ccc2c(c1)CN(C)C(=O)C(CC(=O)O)N2. The van der Waals surface area contributed by atoms with Crippen molar-refractivity contribution in [2.24, 2.45) is 10.7 Å². The maximum atomic E-state index is 12.9. The van der Waals surface area contributed by atoms with E-state index in [4.69, 9.17) is 10.8 Å². The number of aliphatic carboxylic acids is 1. The summed E-state index contributed by atoms with van der Waals surface area (Å²) < 4.78 is 0. The van der Waals surface area contributed by atoms with Gasteiger partial charge in [-0.05, 0) is 29.8 Å². The molecule has 29 heavy (non-hydrogen) atoms. The molecule has 1 aromatic carbocycles. The number of nitrogens with one attached hydrogen (secondary N) is 2. The number of fused-ring (bicyclic) bond motifs is 1. The van der Waals surface area contributed by atoms with Crippen LogP contribution in [0.4, 0.5) is 5.69 Å². The van der Waals surface area contributed by atoms with Gasteiger partial charge in [-0.15, -0.1) is 0 Å². The Bertz CT molecular complexity index is 899. The Morgan fingerprint density at radius 3 is 2.86 bits per heavy atom. The summed E-state index contributed by atoms with van der Waals surface area (Å²) in [5.41, 5.74) is 7.93. The lowest BCUT2D eigenvalue weighted by molar-refractivity contribution is -0.141. The smallest absolute Gasteiger partial charge is 0.305 e. The lowest BCUT2D eigenvalue weighted by atomic mass is 10.1. The van der Waals surface area contributed by atoms with E-state index in [1.165, 1.54) is 9.80 Å². The Morgan fingerprint density at radius 1 is 1.45 bits per heavy atom. The van der Waals surface area contributed by atoms with Crippen LogP contribution in [0, 0.1) is 0 Å². The fourth-order valence-electron chi connectivity index (χ4n) is 3.35. The first kappa shape index (κ1) is 20.3. The zero-order valence-corrected chi connectivity index (χ0v) is 16.3. The number of carbonyl (C=O) groups excluding carboxylic acids is 2. The molecule has 2 amide bonds. The number of rotatable bonds is 5. The molecule has 0 fully saturated rings. The first-order valence-corrected chi connectivity index (χ1v) is 9.07. The highest BCUT2D eigenvalue weighted by Crippen LogP contribution is 2.25. The van der Waals surface area contributed by atoms with E-state index in [1.54, 1.807) is 50.8 Å². The second kappa shape index (κ2) is 7.92. The maximum absolute atomic E-state index is 12.9. The number of carbonyl (C=O) groups is 3. The summed E-state index contributed by atoms with van der Waals surface area (Å²) in [5.74, 6) is -2.72. The van der Waals surface area contributed by atoms with E-state index in [1.807, 2.05) is 0 Å². The van der Waals surface area contributed by atoms with Crippen LogP contribution >= 0.6 is 0 Å². The van der Waals surface area contributed by atoms with Gasteiger partial charge in [0.25, 0.3) is 5.91 Å². The predicted molar refractivity (Wildman–Crippen MR) is 107 cm³/mol. The first-order chi connectivity index (χ1) is 13.7.